The third-order valence-corrected chi connectivity index (χ3v) is 3.14. The molecule has 2 atom stereocenters. The van der Waals surface area contributed by atoms with E-state index < -0.39 is 0 Å². The summed E-state index contributed by atoms with van der Waals surface area (Å²) in [6.45, 7) is 2.02. The second-order valence-corrected chi connectivity index (χ2v) is 4.43. The van der Waals surface area contributed by atoms with Gasteiger partial charge in [-0.05, 0) is 32.3 Å². The SMILES string of the molecule is CC1CCC(C(=O)CCc2ccnn2C)O1. The van der Waals surface area contributed by atoms with Crippen LogP contribution in [-0.2, 0) is 23.0 Å². The zero-order valence-corrected chi connectivity index (χ0v) is 9.85. The number of aryl methyl sites for hydroxylation is 2. The minimum absolute atomic E-state index is 0.164. The number of hydrogen-bond acceptors (Lipinski definition) is 3. The van der Waals surface area contributed by atoms with Gasteiger partial charge < -0.3 is 4.74 Å². The fourth-order valence-corrected chi connectivity index (χ4v) is 2.10. The summed E-state index contributed by atoms with van der Waals surface area (Å²) in [6.07, 6.45) is 5.02. The van der Waals surface area contributed by atoms with Crippen molar-refractivity contribution in [3.05, 3.63) is 18.0 Å². The smallest absolute Gasteiger partial charge is 0.161 e. The Labute approximate surface area is 95.6 Å². The quantitative estimate of drug-likeness (QED) is 0.775. The van der Waals surface area contributed by atoms with Gasteiger partial charge in [-0.2, -0.15) is 5.10 Å². The van der Waals surface area contributed by atoms with Gasteiger partial charge in [-0.15, -0.1) is 0 Å². The lowest BCUT2D eigenvalue weighted by molar-refractivity contribution is -0.129. The van der Waals surface area contributed by atoms with E-state index in [0.717, 1.165) is 25.0 Å². The minimum Gasteiger partial charge on any atom is -0.368 e. The van der Waals surface area contributed by atoms with Crippen molar-refractivity contribution in [1.29, 1.82) is 0 Å². The number of hydrogen-bond donors (Lipinski definition) is 0. The van der Waals surface area contributed by atoms with Crippen LogP contribution in [0.25, 0.3) is 0 Å². The van der Waals surface area contributed by atoms with Gasteiger partial charge in [0.15, 0.2) is 5.78 Å². The topological polar surface area (TPSA) is 44.1 Å². The molecule has 1 aliphatic rings. The van der Waals surface area contributed by atoms with E-state index in [4.69, 9.17) is 4.74 Å². The Bertz CT molecular complexity index is 373. The van der Waals surface area contributed by atoms with Gasteiger partial charge >= 0.3 is 0 Å². The Morgan fingerprint density at radius 3 is 3.00 bits per heavy atom. The summed E-state index contributed by atoms with van der Waals surface area (Å²) >= 11 is 0. The lowest BCUT2D eigenvalue weighted by Gasteiger charge is -2.09. The highest BCUT2D eigenvalue weighted by Crippen LogP contribution is 2.21. The molecule has 4 heteroatoms. The zero-order chi connectivity index (χ0) is 11.5. The third-order valence-electron chi connectivity index (χ3n) is 3.14. The van der Waals surface area contributed by atoms with Crippen LogP contribution < -0.4 is 0 Å². The number of ether oxygens (including phenoxy) is 1. The van der Waals surface area contributed by atoms with Crippen molar-refractivity contribution >= 4 is 5.78 Å². The summed E-state index contributed by atoms with van der Waals surface area (Å²) in [6, 6.07) is 1.95. The van der Waals surface area contributed by atoms with E-state index >= 15 is 0 Å². The molecular formula is C12H18N2O2. The first kappa shape index (κ1) is 11.3. The molecule has 1 fully saturated rings. The second kappa shape index (κ2) is 4.78. The highest BCUT2D eigenvalue weighted by atomic mass is 16.5. The van der Waals surface area contributed by atoms with E-state index in [2.05, 4.69) is 5.10 Å². The van der Waals surface area contributed by atoms with Crippen LogP contribution in [0.1, 0.15) is 31.9 Å². The summed E-state index contributed by atoms with van der Waals surface area (Å²) in [5, 5.41) is 4.08. The molecule has 0 aromatic carbocycles. The second-order valence-electron chi connectivity index (χ2n) is 4.43. The van der Waals surface area contributed by atoms with Crippen molar-refractivity contribution in [1.82, 2.24) is 9.78 Å². The predicted octanol–water partition coefficient (Wildman–Crippen LogP) is 1.49. The number of rotatable bonds is 4. The number of carbonyl (C=O) groups excluding carboxylic acids is 1. The fourth-order valence-electron chi connectivity index (χ4n) is 2.10. The van der Waals surface area contributed by atoms with Crippen LogP contribution in [-0.4, -0.2) is 27.8 Å². The van der Waals surface area contributed by atoms with E-state index in [9.17, 15) is 4.79 Å². The Balaban J connectivity index is 1.82. The van der Waals surface area contributed by atoms with Crippen molar-refractivity contribution in [2.75, 3.05) is 0 Å². The van der Waals surface area contributed by atoms with Gasteiger partial charge in [-0.25, -0.2) is 0 Å². The number of aromatic nitrogens is 2. The molecule has 0 amide bonds. The average Bonchev–Trinajstić information content (AvgIpc) is 2.84. The number of ketones is 1. The molecule has 1 aromatic heterocycles. The fraction of sp³-hybridized carbons (Fsp3) is 0.667. The standard InChI is InChI=1S/C12H18N2O2/c1-9-3-6-12(16-9)11(15)5-4-10-7-8-13-14(10)2/h7-9,12H,3-6H2,1-2H3. The monoisotopic (exact) mass is 222 g/mol. The minimum atomic E-state index is -0.164. The number of nitrogens with zero attached hydrogens (tertiary/aromatic N) is 2. The molecule has 1 aliphatic heterocycles. The summed E-state index contributed by atoms with van der Waals surface area (Å²) in [5.41, 5.74) is 1.10. The molecule has 1 aromatic rings. The first-order chi connectivity index (χ1) is 7.66. The molecule has 0 N–H and O–H groups in total. The molecule has 0 bridgehead atoms. The van der Waals surface area contributed by atoms with Crippen molar-refractivity contribution in [3.8, 4) is 0 Å². The van der Waals surface area contributed by atoms with E-state index in [1.807, 2.05) is 24.7 Å². The van der Waals surface area contributed by atoms with Gasteiger partial charge in [-0.1, -0.05) is 0 Å². The average molecular weight is 222 g/mol. The van der Waals surface area contributed by atoms with Crippen LogP contribution in [0.3, 0.4) is 0 Å². The maximum Gasteiger partial charge on any atom is 0.161 e. The van der Waals surface area contributed by atoms with Crippen molar-refractivity contribution in [3.63, 3.8) is 0 Å². The Hall–Kier alpha value is -1.16. The predicted molar refractivity (Wildman–Crippen MR) is 60.1 cm³/mol. The molecule has 4 nitrogen and oxygen atoms in total. The van der Waals surface area contributed by atoms with E-state index in [1.165, 1.54) is 0 Å². The van der Waals surface area contributed by atoms with E-state index in [-0.39, 0.29) is 18.0 Å². The number of Topliss-reactive ketones (excluding diaryl/α,β-unsaturated/α-hetero) is 1. The molecule has 0 saturated carbocycles. The molecule has 2 heterocycles. The first-order valence-electron chi connectivity index (χ1n) is 5.82. The van der Waals surface area contributed by atoms with Crippen molar-refractivity contribution in [2.24, 2.45) is 7.05 Å². The highest BCUT2D eigenvalue weighted by molar-refractivity contribution is 5.83. The Morgan fingerprint density at radius 2 is 2.44 bits per heavy atom. The maximum absolute atomic E-state index is 11.8. The first-order valence-corrected chi connectivity index (χ1v) is 5.82. The lowest BCUT2D eigenvalue weighted by Crippen LogP contribution is -2.21. The van der Waals surface area contributed by atoms with Gasteiger partial charge in [0.05, 0.1) is 6.10 Å². The van der Waals surface area contributed by atoms with Crippen molar-refractivity contribution < 1.29 is 9.53 Å². The highest BCUT2D eigenvalue weighted by Gasteiger charge is 2.27. The van der Waals surface area contributed by atoms with Crippen molar-refractivity contribution in [2.45, 2.75) is 44.8 Å². The van der Waals surface area contributed by atoms with Gasteiger partial charge in [0.1, 0.15) is 6.10 Å². The summed E-state index contributed by atoms with van der Waals surface area (Å²) in [5.74, 6) is 0.227. The van der Waals surface area contributed by atoms with Gasteiger partial charge in [-0.3, -0.25) is 9.48 Å². The molecular weight excluding hydrogens is 204 g/mol. The summed E-state index contributed by atoms with van der Waals surface area (Å²) in [4.78, 5) is 11.8. The molecule has 1 saturated heterocycles. The molecule has 0 radical (unpaired) electrons. The molecule has 0 aliphatic carbocycles. The lowest BCUT2D eigenvalue weighted by atomic mass is 10.1. The normalized spacial score (nSPS) is 24.9. The zero-order valence-electron chi connectivity index (χ0n) is 9.85. The van der Waals surface area contributed by atoms with Gasteiger partial charge in [0.2, 0.25) is 0 Å². The van der Waals surface area contributed by atoms with Crippen LogP contribution in [0.5, 0.6) is 0 Å². The Kier molecular flexibility index (Phi) is 3.39. The largest absolute Gasteiger partial charge is 0.368 e. The van der Waals surface area contributed by atoms with Crippen LogP contribution in [0.4, 0.5) is 0 Å². The van der Waals surface area contributed by atoms with Crippen LogP contribution in [0.15, 0.2) is 12.3 Å². The third kappa shape index (κ3) is 2.50. The van der Waals surface area contributed by atoms with Gasteiger partial charge in [0, 0.05) is 25.4 Å². The van der Waals surface area contributed by atoms with Crippen LogP contribution in [0, 0.1) is 0 Å². The van der Waals surface area contributed by atoms with Gasteiger partial charge in [0.25, 0.3) is 0 Å². The molecule has 0 spiro atoms. The Morgan fingerprint density at radius 1 is 1.62 bits per heavy atom. The summed E-state index contributed by atoms with van der Waals surface area (Å²) in [7, 11) is 1.90. The molecule has 2 unspecified atom stereocenters. The van der Waals surface area contributed by atoms with Crippen LogP contribution >= 0.6 is 0 Å². The number of carbonyl (C=O) groups is 1. The molecule has 88 valence electrons. The van der Waals surface area contributed by atoms with E-state index in [0.29, 0.717) is 6.42 Å². The molecule has 2 rings (SSSR count). The van der Waals surface area contributed by atoms with Crippen LogP contribution in [0.2, 0.25) is 0 Å². The molecule has 16 heavy (non-hydrogen) atoms. The van der Waals surface area contributed by atoms with E-state index in [1.54, 1.807) is 6.20 Å². The maximum atomic E-state index is 11.8. The summed E-state index contributed by atoms with van der Waals surface area (Å²) < 4.78 is 7.36.